The highest BCUT2D eigenvalue weighted by molar-refractivity contribution is 7.92. The molecule has 2 saturated heterocycles. The van der Waals surface area contributed by atoms with Crippen molar-refractivity contribution >= 4 is 37.4 Å². The predicted molar refractivity (Wildman–Crippen MR) is 92.1 cm³/mol. The summed E-state index contributed by atoms with van der Waals surface area (Å²) >= 11 is 0. The Morgan fingerprint density at radius 2 is 1.85 bits per heavy atom. The number of imide groups is 1. The molecule has 11 heteroatoms. The van der Waals surface area contributed by atoms with Gasteiger partial charge in [0.15, 0.2) is 9.84 Å². The van der Waals surface area contributed by atoms with Gasteiger partial charge in [0.05, 0.1) is 24.3 Å². The predicted octanol–water partition coefficient (Wildman–Crippen LogP) is -0.186. The van der Waals surface area contributed by atoms with Gasteiger partial charge >= 0.3 is 0 Å². The Kier molecular flexibility index (Phi) is 4.80. The first-order chi connectivity index (χ1) is 12.1. The molecule has 0 spiro atoms. The molecule has 0 radical (unpaired) electrons. The molecule has 1 atom stereocenters. The first kappa shape index (κ1) is 18.8. The Hall–Kier alpha value is -1.98. The second-order valence-electron chi connectivity index (χ2n) is 6.18. The Balaban J connectivity index is 1.96. The van der Waals surface area contributed by atoms with E-state index in [4.69, 9.17) is 4.74 Å². The fourth-order valence-electron chi connectivity index (χ4n) is 3.05. The monoisotopic (exact) mass is 402 g/mol. The first-order valence-corrected chi connectivity index (χ1v) is 11.2. The standard InChI is InChI=1S/C15H18N2O7S2/c1-24-12-3-2-11(17-14(18)4-5-15(17)19)8-13(12)26(22,23)16-10-6-7-25(20,21)9-10/h2-3,8,10,16H,4-7,9H2,1H3. The third kappa shape index (κ3) is 3.60. The summed E-state index contributed by atoms with van der Waals surface area (Å²) in [7, 11) is -6.08. The van der Waals surface area contributed by atoms with E-state index in [1.165, 1.54) is 25.3 Å². The number of sulfonamides is 1. The van der Waals surface area contributed by atoms with Crippen molar-refractivity contribution in [1.29, 1.82) is 0 Å². The smallest absolute Gasteiger partial charge is 0.244 e. The van der Waals surface area contributed by atoms with Gasteiger partial charge in [-0.25, -0.2) is 21.6 Å². The minimum atomic E-state index is -4.11. The van der Waals surface area contributed by atoms with Crippen LogP contribution in [0, 0.1) is 0 Å². The summed E-state index contributed by atoms with van der Waals surface area (Å²) in [5.41, 5.74) is 0.137. The van der Waals surface area contributed by atoms with Crippen LogP contribution >= 0.6 is 0 Å². The Labute approximate surface area is 151 Å². The van der Waals surface area contributed by atoms with Gasteiger partial charge < -0.3 is 4.74 Å². The van der Waals surface area contributed by atoms with Crippen LogP contribution in [0.2, 0.25) is 0 Å². The molecular formula is C15H18N2O7S2. The van der Waals surface area contributed by atoms with Gasteiger partial charge in [-0.1, -0.05) is 0 Å². The Bertz CT molecular complexity index is 954. The van der Waals surface area contributed by atoms with E-state index in [0.717, 1.165) is 4.90 Å². The molecule has 2 aliphatic rings. The summed E-state index contributed by atoms with van der Waals surface area (Å²) in [5, 5.41) is 0. The van der Waals surface area contributed by atoms with Crippen LogP contribution in [0.5, 0.6) is 5.75 Å². The van der Waals surface area contributed by atoms with Crippen molar-refractivity contribution in [3.63, 3.8) is 0 Å². The van der Waals surface area contributed by atoms with Crippen LogP contribution in [0.3, 0.4) is 0 Å². The average molecular weight is 402 g/mol. The lowest BCUT2D eigenvalue weighted by molar-refractivity contribution is -0.121. The van der Waals surface area contributed by atoms with Crippen molar-refractivity contribution < 1.29 is 31.2 Å². The number of hydrogen-bond donors (Lipinski definition) is 1. The van der Waals surface area contributed by atoms with Gasteiger partial charge in [0.2, 0.25) is 21.8 Å². The molecule has 26 heavy (non-hydrogen) atoms. The van der Waals surface area contributed by atoms with Crippen molar-refractivity contribution in [2.45, 2.75) is 30.2 Å². The highest BCUT2D eigenvalue weighted by atomic mass is 32.2. The Morgan fingerprint density at radius 3 is 2.38 bits per heavy atom. The number of hydrogen-bond acceptors (Lipinski definition) is 7. The molecule has 2 heterocycles. The number of nitrogens with zero attached hydrogens (tertiary/aromatic N) is 1. The summed E-state index contributed by atoms with van der Waals surface area (Å²) in [5.74, 6) is -1.12. The number of carbonyl (C=O) groups excluding carboxylic acids is 2. The number of benzene rings is 1. The quantitative estimate of drug-likeness (QED) is 0.677. The van der Waals surface area contributed by atoms with Crippen molar-refractivity contribution in [1.82, 2.24) is 4.72 Å². The molecule has 3 rings (SSSR count). The summed E-state index contributed by atoms with van der Waals surface area (Å²) in [6, 6.07) is 3.24. The maximum absolute atomic E-state index is 12.7. The molecule has 1 unspecified atom stereocenters. The molecule has 1 aromatic carbocycles. The second-order valence-corrected chi connectivity index (χ2v) is 10.1. The fraction of sp³-hybridized carbons (Fsp3) is 0.467. The van der Waals surface area contributed by atoms with E-state index in [9.17, 15) is 26.4 Å². The third-order valence-corrected chi connectivity index (χ3v) is 7.61. The lowest BCUT2D eigenvalue weighted by Crippen LogP contribution is -2.36. The van der Waals surface area contributed by atoms with E-state index in [-0.39, 0.29) is 47.1 Å². The summed E-state index contributed by atoms with van der Waals surface area (Å²) in [4.78, 5) is 24.5. The van der Waals surface area contributed by atoms with Crippen LogP contribution in [0.1, 0.15) is 19.3 Å². The van der Waals surface area contributed by atoms with Gasteiger partial charge in [0.1, 0.15) is 10.6 Å². The molecule has 0 aliphatic carbocycles. The molecule has 2 aliphatic heterocycles. The number of sulfone groups is 1. The van der Waals surface area contributed by atoms with Crippen LogP contribution in [-0.2, 0) is 29.4 Å². The van der Waals surface area contributed by atoms with Gasteiger partial charge in [-0.05, 0) is 24.6 Å². The number of carbonyl (C=O) groups is 2. The SMILES string of the molecule is COc1ccc(N2C(=O)CCC2=O)cc1S(=O)(=O)NC1CCS(=O)(=O)C1. The van der Waals surface area contributed by atoms with E-state index in [1.54, 1.807) is 0 Å². The lowest BCUT2D eigenvalue weighted by atomic mass is 10.2. The molecule has 0 aromatic heterocycles. The van der Waals surface area contributed by atoms with E-state index in [2.05, 4.69) is 4.72 Å². The molecule has 142 valence electrons. The number of methoxy groups -OCH3 is 1. The van der Waals surface area contributed by atoms with Crippen LogP contribution in [0.25, 0.3) is 0 Å². The zero-order valence-corrected chi connectivity index (χ0v) is 15.6. The van der Waals surface area contributed by atoms with Crippen LogP contribution in [0.15, 0.2) is 23.1 Å². The van der Waals surface area contributed by atoms with E-state index in [1.807, 2.05) is 0 Å². The molecule has 9 nitrogen and oxygen atoms in total. The van der Waals surface area contributed by atoms with Gasteiger partial charge in [0, 0.05) is 18.9 Å². The van der Waals surface area contributed by atoms with E-state index in [0.29, 0.717) is 0 Å². The van der Waals surface area contributed by atoms with E-state index >= 15 is 0 Å². The average Bonchev–Trinajstić information content (AvgIpc) is 3.07. The van der Waals surface area contributed by atoms with Gasteiger partial charge in [-0.2, -0.15) is 0 Å². The number of rotatable bonds is 5. The molecular weight excluding hydrogens is 384 g/mol. The molecule has 2 amide bonds. The minimum absolute atomic E-state index is 0.0289. The largest absolute Gasteiger partial charge is 0.495 e. The number of anilines is 1. The third-order valence-electron chi connectivity index (χ3n) is 4.30. The highest BCUT2D eigenvalue weighted by Crippen LogP contribution is 2.31. The highest BCUT2D eigenvalue weighted by Gasteiger charge is 2.34. The topological polar surface area (TPSA) is 127 Å². The number of ether oxygens (including phenoxy) is 1. The Morgan fingerprint density at radius 1 is 1.19 bits per heavy atom. The van der Waals surface area contributed by atoms with Crippen LogP contribution in [0.4, 0.5) is 5.69 Å². The molecule has 0 bridgehead atoms. The zero-order chi connectivity index (χ0) is 19.1. The van der Waals surface area contributed by atoms with Crippen molar-refractivity contribution in [2.75, 3.05) is 23.5 Å². The van der Waals surface area contributed by atoms with Crippen molar-refractivity contribution in [3.8, 4) is 5.75 Å². The summed E-state index contributed by atoms with van der Waals surface area (Å²) in [6.07, 6.45) is 0.336. The van der Waals surface area contributed by atoms with Gasteiger partial charge in [-0.3, -0.25) is 14.5 Å². The van der Waals surface area contributed by atoms with Gasteiger partial charge in [0.25, 0.3) is 0 Å². The number of nitrogens with one attached hydrogen (secondary N) is 1. The van der Waals surface area contributed by atoms with Crippen molar-refractivity contribution in [3.05, 3.63) is 18.2 Å². The second kappa shape index (κ2) is 6.63. The minimum Gasteiger partial charge on any atom is -0.495 e. The maximum atomic E-state index is 12.7. The summed E-state index contributed by atoms with van der Waals surface area (Å²) in [6.45, 7) is 0. The summed E-state index contributed by atoms with van der Waals surface area (Å²) < 4.78 is 56.0. The lowest BCUT2D eigenvalue weighted by Gasteiger charge is -2.18. The maximum Gasteiger partial charge on any atom is 0.244 e. The van der Waals surface area contributed by atoms with Crippen LogP contribution in [-0.4, -0.2) is 53.3 Å². The molecule has 0 saturated carbocycles. The number of amides is 2. The fourth-order valence-corrected chi connectivity index (χ4v) is 6.29. The van der Waals surface area contributed by atoms with E-state index < -0.39 is 37.7 Å². The molecule has 2 fully saturated rings. The van der Waals surface area contributed by atoms with Gasteiger partial charge in [-0.15, -0.1) is 0 Å². The molecule has 1 N–H and O–H groups in total. The zero-order valence-electron chi connectivity index (χ0n) is 14.0. The van der Waals surface area contributed by atoms with Crippen LogP contribution < -0.4 is 14.4 Å². The first-order valence-electron chi connectivity index (χ1n) is 7.89. The van der Waals surface area contributed by atoms with Crippen molar-refractivity contribution in [2.24, 2.45) is 0 Å². The normalized spacial score (nSPS) is 22.8. The molecule has 1 aromatic rings.